The summed E-state index contributed by atoms with van der Waals surface area (Å²) < 4.78 is 11.8. The number of methoxy groups -OCH3 is 1. The number of aryl methyl sites for hydroxylation is 2. The zero-order valence-electron chi connectivity index (χ0n) is 13.5. The summed E-state index contributed by atoms with van der Waals surface area (Å²) in [6, 6.07) is 3.33. The van der Waals surface area contributed by atoms with E-state index in [1.54, 1.807) is 43.7 Å². The van der Waals surface area contributed by atoms with Crippen molar-refractivity contribution in [1.29, 1.82) is 0 Å². The third kappa shape index (κ3) is 2.90. The molecule has 0 saturated carbocycles. The summed E-state index contributed by atoms with van der Waals surface area (Å²) in [6.45, 7) is 3.79. The van der Waals surface area contributed by atoms with Gasteiger partial charge < -0.3 is 14.0 Å². The van der Waals surface area contributed by atoms with Gasteiger partial charge in [0.15, 0.2) is 5.75 Å². The molecule has 0 bridgehead atoms. The Morgan fingerprint density at radius 1 is 1.43 bits per heavy atom. The molecule has 0 aliphatic rings. The predicted molar refractivity (Wildman–Crippen MR) is 86.5 cm³/mol. The molecule has 7 heteroatoms. The number of carbonyl (C=O) groups excluding carboxylic acids is 1. The standard InChI is InChI=1S/C16H18N2O5/c1-5-23-14(19)9-7-11-10(2)15-12(17(11)3)6-8-13(22-4)16(15)18(20)21/h6-9H,5H2,1-4H3/b9-7+. The van der Waals surface area contributed by atoms with Crippen molar-refractivity contribution in [3.63, 3.8) is 0 Å². The van der Waals surface area contributed by atoms with E-state index >= 15 is 0 Å². The van der Waals surface area contributed by atoms with Gasteiger partial charge in [-0.25, -0.2) is 4.79 Å². The number of fused-ring (bicyclic) bond motifs is 1. The maximum absolute atomic E-state index is 11.5. The molecule has 0 radical (unpaired) electrons. The molecule has 0 aliphatic heterocycles. The average Bonchev–Trinajstić information content (AvgIpc) is 2.76. The van der Waals surface area contributed by atoms with Crippen LogP contribution < -0.4 is 4.74 Å². The molecule has 2 rings (SSSR count). The largest absolute Gasteiger partial charge is 0.490 e. The second-order valence-corrected chi connectivity index (χ2v) is 4.92. The smallest absolute Gasteiger partial charge is 0.330 e. The van der Waals surface area contributed by atoms with Crippen molar-refractivity contribution in [1.82, 2.24) is 4.57 Å². The topological polar surface area (TPSA) is 83.6 Å². The second-order valence-electron chi connectivity index (χ2n) is 4.92. The molecule has 0 aliphatic carbocycles. The lowest BCUT2D eigenvalue weighted by molar-refractivity contribution is -0.384. The molecule has 0 unspecified atom stereocenters. The van der Waals surface area contributed by atoms with Gasteiger partial charge in [-0.2, -0.15) is 0 Å². The Morgan fingerprint density at radius 3 is 2.70 bits per heavy atom. The van der Waals surface area contributed by atoms with Gasteiger partial charge in [0.2, 0.25) is 0 Å². The van der Waals surface area contributed by atoms with E-state index in [1.807, 2.05) is 0 Å². The van der Waals surface area contributed by atoms with Crippen LogP contribution >= 0.6 is 0 Å². The van der Waals surface area contributed by atoms with Gasteiger partial charge in [-0.1, -0.05) is 0 Å². The van der Waals surface area contributed by atoms with Crippen molar-refractivity contribution >= 4 is 28.6 Å². The Balaban J connectivity index is 2.68. The lowest BCUT2D eigenvalue weighted by Gasteiger charge is -2.03. The summed E-state index contributed by atoms with van der Waals surface area (Å²) >= 11 is 0. The van der Waals surface area contributed by atoms with Crippen molar-refractivity contribution in [2.45, 2.75) is 13.8 Å². The highest BCUT2D eigenvalue weighted by Crippen LogP contribution is 2.39. The zero-order chi connectivity index (χ0) is 17.1. The monoisotopic (exact) mass is 318 g/mol. The first-order valence-corrected chi connectivity index (χ1v) is 7.07. The van der Waals surface area contributed by atoms with Gasteiger partial charge >= 0.3 is 11.7 Å². The van der Waals surface area contributed by atoms with Crippen LogP contribution in [-0.2, 0) is 16.6 Å². The number of hydrogen-bond acceptors (Lipinski definition) is 5. The number of nitrogens with zero attached hydrogens (tertiary/aromatic N) is 2. The van der Waals surface area contributed by atoms with E-state index < -0.39 is 10.9 Å². The van der Waals surface area contributed by atoms with Crippen LogP contribution in [0.5, 0.6) is 5.75 Å². The normalized spacial score (nSPS) is 11.1. The molecule has 0 amide bonds. The summed E-state index contributed by atoms with van der Waals surface area (Å²) in [5.41, 5.74) is 2.02. The van der Waals surface area contributed by atoms with E-state index in [2.05, 4.69) is 0 Å². The third-order valence-electron chi connectivity index (χ3n) is 3.67. The number of hydrogen-bond donors (Lipinski definition) is 0. The first-order chi connectivity index (χ1) is 10.9. The molecule has 0 N–H and O–H groups in total. The van der Waals surface area contributed by atoms with Crippen LogP contribution in [0.1, 0.15) is 18.2 Å². The number of rotatable bonds is 5. The highest BCUT2D eigenvalue weighted by atomic mass is 16.6. The van der Waals surface area contributed by atoms with Crippen LogP contribution in [0, 0.1) is 17.0 Å². The molecule has 1 aromatic heterocycles. The Labute approximate surface area is 133 Å². The van der Waals surface area contributed by atoms with Crippen molar-refractivity contribution in [2.24, 2.45) is 7.05 Å². The third-order valence-corrected chi connectivity index (χ3v) is 3.67. The highest BCUT2D eigenvalue weighted by Gasteiger charge is 2.25. The van der Waals surface area contributed by atoms with E-state index in [1.165, 1.54) is 13.2 Å². The molecular formula is C16H18N2O5. The van der Waals surface area contributed by atoms with Crippen LogP contribution in [-0.4, -0.2) is 29.2 Å². The Hall–Kier alpha value is -2.83. The minimum absolute atomic E-state index is 0.0751. The van der Waals surface area contributed by atoms with Gasteiger partial charge in [-0.05, 0) is 37.6 Å². The van der Waals surface area contributed by atoms with Crippen molar-refractivity contribution < 1.29 is 19.2 Å². The first-order valence-electron chi connectivity index (χ1n) is 7.07. The van der Waals surface area contributed by atoms with Gasteiger partial charge in [-0.3, -0.25) is 10.1 Å². The van der Waals surface area contributed by atoms with E-state index in [0.717, 1.165) is 0 Å². The Morgan fingerprint density at radius 2 is 2.13 bits per heavy atom. The molecule has 0 spiro atoms. The number of esters is 1. The van der Waals surface area contributed by atoms with Crippen molar-refractivity contribution in [3.8, 4) is 5.75 Å². The van der Waals surface area contributed by atoms with Gasteiger partial charge in [-0.15, -0.1) is 0 Å². The van der Waals surface area contributed by atoms with Crippen LogP contribution in [0.3, 0.4) is 0 Å². The van der Waals surface area contributed by atoms with Gasteiger partial charge in [0.25, 0.3) is 0 Å². The first kappa shape index (κ1) is 16.5. The lowest BCUT2D eigenvalue weighted by atomic mass is 10.1. The Kier molecular flexibility index (Phi) is 4.68. The Bertz CT molecular complexity index is 805. The molecule has 1 aromatic carbocycles. The SMILES string of the molecule is CCOC(=O)/C=C/c1c(C)c2c([N+](=O)[O-])c(OC)ccc2n1C. The van der Waals surface area contributed by atoms with Gasteiger partial charge in [0.05, 0.1) is 29.5 Å². The quantitative estimate of drug-likeness (QED) is 0.366. The van der Waals surface area contributed by atoms with Crippen LogP contribution in [0.4, 0.5) is 5.69 Å². The van der Waals surface area contributed by atoms with Crippen LogP contribution in [0.2, 0.25) is 0 Å². The molecule has 1 heterocycles. The maximum Gasteiger partial charge on any atom is 0.330 e. The lowest BCUT2D eigenvalue weighted by Crippen LogP contribution is -1.99. The molecule has 23 heavy (non-hydrogen) atoms. The van der Waals surface area contributed by atoms with Crippen molar-refractivity contribution in [3.05, 3.63) is 39.6 Å². The molecule has 2 aromatic rings. The number of benzene rings is 1. The number of carbonyl (C=O) groups is 1. The number of aromatic nitrogens is 1. The van der Waals surface area contributed by atoms with E-state index in [4.69, 9.17) is 9.47 Å². The molecule has 0 atom stereocenters. The van der Waals surface area contributed by atoms with Crippen LogP contribution in [0.25, 0.3) is 17.0 Å². The number of nitro groups is 1. The fraction of sp³-hybridized carbons (Fsp3) is 0.312. The fourth-order valence-corrected chi connectivity index (χ4v) is 2.64. The highest BCUT2D eigenvalue weighted by molar-refractivity contribution is 5.98. The molecular weight excluding hydrogens is 300 g/mol. The second kappa shape index (κ2) is 6.51. The summed E-state index contributed by atoms with van der Waals surface area (Å²) in [5, 5.41) is 11.9. The number of ether oxygens (including phenoxy) is 2. The van der Waals surface area contributed by atoms with Crippen molar-refractivity contribution in [2.75, 3.05) is 13.7 Å². The summed E-state index contributed by atoms with van der Waals surface area (Å²) in [7, 11) is 3.18. The fourth-order valence-electron chi connectivity index (χ4n) is 2.64. The summed E-state index contributed by atoms with van der Waals surface area (Å²) in [6.07, 6.45) is 2.91. The average molecular weight is 318 g/mol. The predicted octanol–water partition coefficient (Wildman–Crippen LogP) is 2.98. The molecule has 0 saturated heterocycles. The zero-order valence-corrected chi connectivity index (χ0v) is 13.5. The van der Waals surface area contributed by atoms with Crippen LogP contribution in [0.15, 0.2) is 18.2 Å². The summed E-state index contributed by atoms with van der Waals surface area (Å²) in [5.74, 6) is -0.249. The molecule has 122 valence electrons. The maximum atomic E-state index is 11.5. The molecule has 0 fully saturated rings. The summed E-state index contributed by atoms with van der Waals surface area (Å²) in [4.78, 5) is 22.5. The van der Waals surface area contributed by atoms with E-state index in [0.29, 0.717) is 28.8 Å². The van der Waals surface area contributed by atoms with E-state index in [9.17, 15) is 14.9 Å². The minimum Gasteiger partial charge on any atom is -0.490 e. The van der Waals surface area contributed by atoms with Gasteiger partial charge in [0, 0.05) is 18.8 Å². The minimum atomic E-state index is -0.454. The number of nitro benzene ring substituents is 1. The van der Waals surface area contributed by atoms with E-state index in [-0.39, 0.29) is 11.4 Å². The molecule has 7 nitrogen and oxygen atoms in total. The van der Waals surface area contributed by atoms with Gasteiger partial charge in [0.1, 0.15) is 0 Å².